The van der Waals surface area contributed by atoms with Gasteiger partial charge in [-0.3, -0.25) is 18.7 Å². The molecule has 130 valence electrons. The van der Waals surface area contributed by atoms with Crippen LogP contribution in [0.5, 0.6) is 0 Å². The number of fused-ring (bicyclic) bond motifs is 1. The number of aromatic nitrogens is 3. The molecule has 7 nitrogen and oxygen atoms in total. The summed E-state index contributed by atoms with van der Waals surface area (Å²) in [4.78, 5) is 39.4. The number of likely N-dealkylation sites (tertiary alicyclic amines) is 1. The van der Waals surface area contributed by atoms with Crippen LogP contribution < -0.4 is 11.2 Å². The lowest BCUT2D eigenvalue weighted by Crippen LogP contribution is -2.40. The highest BCUT2D eigenvalue weighted by molar-refractivity contribution is 5.80. The highest BCUT2D eigenvalue weighted by Gasteiger charge is 2.20. The van der Waals surface area contributed by atoms with E-state index in [1.807, 2.05) is 11.8 Å². The predicted molar refractivity (Wildman–Crippen MR) is 92.2 cm³/mol. The third kappa shape index (κ3) is 2.68. The fourth-order valence-electron chi connectivity index (χ4n) is 3.48. The molecule has 0 unspecified atom stereocenters. The Morgan fingerprint density at radius 1 is 1.04 bits per heavy atom. The van der Waals surface area contributed by atoms with Crippen LogP contribution in [0.1, 0.15) is 33.1 Å². The zero-order valence-corrected chi connectivity index (χ0v) is 14.3. The van der Waals surface area contributed by atoms with E-state index < -0.39 is 0 Å². The van der Waals surface area contributed by atoms with Gasteiger partial charge in [-0.2, -0.15) is 0 Å². The number of rotatable bonds is 4. The molecule has 1 aliphatic heterocycles. The Balaban J connectivity index is 2.05. The van der Waals surface area contributed by atoms with E-state index in [2.05, 4.69) is 0 Å². The number of amides is 1. The molecule has 3 rings (SSSR count). The zero-order chi connectivity index (χ0) is 17.3. The highest BCUT2D eigenvalue weighted by Crippen LogP contribution is 2.13. The normalized spacial score (nSPS) is 15.2. The minimum atomic E-state index is -0.317. The monoisotopic (exact) mass is 332 g/mol. The fourth-order valence-corrected chi connectivity index (χ4v) is 3.48. The van der Waals surface area contributed by atoms with Crippen LogP contribution in [0.3, 0.4) is 0 Å². The van der Waals surface area contributed by atoms with Crippen molar-refractivity contribution in [1.82, 2.24) is 18.6 Å². The lowest BCUT2D eigenvalue weighted by atomic mass is 10.1. The van der Waals surface area contributed by atoms with Crippen molar-refractivity contribution in [3.63, 3.8) is 0 Å². The van der Waals surface area contributed by atoms with Crippen LogP contribution in [0.4, 0.5) is 0 Å². The summed E-state index contributed by atoms with van der Waals surface area (Å²) in [5.74, 6) is 0.0435. The molecule has 1 fully saturated rings. The van der Waals surface area contributed by atoms with E-state index in [4.69, 9.17) is 0 Å². The average Bonchev–Trinajstić information content (AvgIpc) is 3.00. The third-order valence-corrected chi connectivity index (χ3v) is 4.77. The van der Waals surface area contributed by atoms with E-state index in [1.54, 1.807) is 28.3 Å². The van der Waals surface area contributed by atoms with Crippen LogP contribution in [0.15, 0.2) is 21.9 Å². The molecule has 0 radical (unpaired) electrons. The number of hydrogen-bond acceptors (Lipinski definition) is 3. The first kappa shape index (κ1) is 16.5. The standard InChI is InChI=1S/C17H24N4O3/c1-3-20-15-13(16(23)21(4-2)17(20)24)8-11-19(15)12-14(22)18-9-6-5-7-10-18/h8,11H,3-7,9-10,12H2,1-2H3. The van der Waals surface area contributed by atoms with Crippen LogP contribution in [0.25, 0.3) is 11.0 Å². The van der Waals surface area contributed by atoms with Crippen LogP contribution >= 0.6 is 0 Å². The van der Waals surface area contributed by atoms with Gasteiger partial charge in [0.15, 0.2) is 0 Å². The summed E-state index contributed by atoms with van der Waals surface area (Å²) in [6.07, 6.45) is 4.99. The SMILES string of the molecule is CCn1c(=O)c2ccn(CC(=O)N3CCCCC3)c2n(CC)c1=O. The van der Waals surface area contributed by atoms with Gasteiger partial charge in [-0.05, 0) is 39.2 Å². The first-order chi connectivity index (χ1) is 11.6. The zero-order valence-electron chi connectivity index (χ0n) is 14.3. The van der Waals surface area contributed by atoms with Gasteiger partial charge >= 0.3 is 5.69 Å². The maximum absolute atomic E-state index is 12.5. The van der Waals surface area contributed by atoms with Crippen molar-refractivity contribution >= 4 is 16.9 Å². The summed E-state index contributed by atoms with van der Waals surface area (Å²) in [5, 5.41) is 0.491. The second kappa shape index (κ2) is 6.67. The second-order valence-electron chi connectivity index (χ2n) is 6.20. The van der Waals surface area contributed by atoms with E-state index in [-0.39, 0.29) is 23.7 Å². The van der Waals surface area contributed by atoms with Gasteiger partial charge in [0, 0.05) is 32.4 Å². The first-order valence-electron chi connectivity index (χ1n) is 8.68. The minimum Gasteiger partial charge on any atom is -0.341 e. The number of aryl methyl sites for hydroxylation is 1. The maximum Gasteiger partial charge on any atom is 0.332 e. The van der Waals surface area contributed by atoms with Gasteiger partial charge in [0.05, 0.1) is 5.39 Å². The number of hydrogen-bond donors (Lipinski definition) is 0. The summed E-state index contributed by atoms with van der Waals surface area (Å²) in [7, 11) is 0. The van der Waals surface area contributed by atoms with Crippen molar-refractivity contribution < 1.29 is 4.79 Å². The van der Waals surface area contributed by atoms with Gasteiger partial charge < -0.3 is 9.47 Å². The van der Waals surface area contributed by atoms with Crippen LogP contribution in [0.2, 0.25) is 0 Å². The molecule has 0 spiro atoms. The van der Waals surface area contributed by atoms with Crippen molar-refractivity contribution in [2.24, 2.45) is 0 Å². The average molecular weight is 332 g/mol. The molecular formula is C17H24N4O3. The lowest BCUT2D eigenvalue weighted by molar-refractivity contribution is -0.132. The Bertz CT molecular complexity index is 868. The van der Waals surface area contributed by atoms with Crippen molar-refractivity contribution in [2.45, 2.75) is 52.7 Å². The topological polar surface area (TPSA) is 69.2 Å². The molecule has 0 aromatic carbocycles. The molecule has 1 aliphatic rings. The Morgan fingerprint density at radius 3 is 2.33 bits per heavy atom. The predicted octanol–water partition coefficient (Wildman–Crippen LogP) is 1.02. The van der Waals surface area contributed by atoms with Gasteiger partial charge in [0.1, 0.15) is 12.2 Å². The Kier molecular flexibility index (Phi) is 4.59. The molecule has 0 bridgehead atoms. The van der Waals surface area contributed by atoms with E-state index >= 15 is 0 Å². The third-order valence-electron chi connectivity index (χ3n) is 4.77. The van der Waals surface area contributed by atoms with Crippen LogP contribution in [0, 0.1) is 0 Å². The number of carbonyl (C=O) groups excluding carboxylic acids is 1. The highest BCUT2D eigenvalue weighted by atomic mass is 16.2. The van der Waals surface area contributed by atoms with Gasteiger partial charge in [-0.25, -0.2) is 4.79 Å². The van der Waals surface area contributed by atoms with E-state index in [9.17, 15) is 14.4 Å². The Hall–Kier alpha value is -2.31. The largest absolute Gasteiger partial charge is 0.341 e. The molecular weight excluding hydrogens is 308 g/mol. The van der Waals surface area contributed by atoms with Gasteiger partial charge in [0.25, 0.3) is 5.56 Å². The van der Waals surface area contributed by atoms with Gasteiger partial charge in [0.2, 0.25) is 5.91 Å². The Morgan fingerprint density at radius 2 is 1.71 bits per heavy atom. The molecule has 7 heteroatoms. The van der Waals surface area contributed by atoms with E-state index in [0.29, 0.717) is 24.1 Å². The quantitative estimate of drug-likeness (QED) is 0.839. The van der Waals surface area contributed by atoms with Crippen molar-refractivity contribution in [1.29, 1.82) is 0 Å². The van der Waals surface area contributed by atoms with Gasteiger partial charge in [-0.1, -0.05) is 0 Å². The summed E-state index contributed by atoms with van der Waals surface area (Å²) in [5.41, 5.74) is -0.0585. The number of nitrogens with zero attached hydrogens (tertiary/aromatic N) is 4. The van der Waals surface area contributed by atoms with Crippen molar-refractivity contribution in [3.05, 3.63) is 33.1 Å². The van der Waals surface area contributed by atoms with Crippen LogP contribution in [-0.2, 0) is 24.4 Å². The summed E-state index contributed by atoms with van der Waals surface area (Å²) < 4.78 is 4.55. The molecule has 0 aliphatic carbocycles. The molecule has 0 N–H and O–H groups in total. The summed E-state index contributed by atoms with van der Waals surface area (Å²) >= 11 is 0. The van der Waals surface area contributed by atoms with Crippen molar-refractivity contribution in [2.75, 3.05) is 13.1 Å². The maximum atomic E-state index is 12.5. The second-order valence-corrected chi connectivity index (χ2v) is 6.20. The first-order valence-corrected chi connectivity index (χ1v) is 8.68. The molecule has 2 aromatic heterocycles. The Labute approximate surface area is 140 Å². The molecule has 1 amide bonds. The number of piperidine rings is 1. The van der Waals surface area contributed by atoms with E-state index in [1.165, 1.54) is 11.0 Å². The molecule has 0 saturated carbocycles. The van der Waals surface area contributed by atoms with Crippen LogP contribution in [-0.4, -0.2) is 37.6 Å². The minimum absolute atomic E-state index is 0.0435. The number of carbonyl (C=O) groups is 1. The molecule has 1 saturated heterocycles. The summed E-state index contributed by atoms with van der Waals surface area (Å²) in [6.45, 7) is 6.20. The van der Waals surface area contributed by atoms with E-state index in [0.717, 1.165) is 25.9 Å². The molecule has 3 heterocycles. The van der Waals surface area contributed by atoms with Crippen molar-refractivity contribution in [3.8, 4) is 0 Å². The molecule has 0 atom stereocenters. The fraction of sp³-hybridized carbons (Fsp3) is 0.588. The smallest absolute Gasteiger partial charge is 0.332 e. The summed E-state index contributed by atoms with van der Waals surface area (Å²) in [6, 6.07) is 1.71. The molecule has 2 aromatic rings. The lowest BCUT2D eigenvalue weighted by Gasteiger charge is -2.27. The van der Waals surface area contributed by atoms with Gasteiger partial charge in [-0.15, -0.1) is 0 Å². The molecule has 24 heavy (non-hydrogen) atoms.